The second-order valence-electron chi connectivity index (χ2n) is 5.86. The first-order valence-corrected chi connectivity index (χ1v) is 7.71. The Morgan fingerprint density at radius 3 is 2.86 bits per heavy atom. The first-order chi connectivity index (χ1) is 10.7. The van der Waals surface area contributed by atoms with Gasteiger partial charge in [-0.25, -0.2) is 4.98 Å². The van der Waals surface area contributed by atoms with E-state index < -0.39 is 0 Å². The van der Waals surface area contributed by atoms with Crippen LogP contribution in [-0.4, -0.2) is 47.6 Å². The minimum absolute atomic E-state index is 0.133. The number of carbonyl (C=O) groups is 1. The molecule has 1 unspecified atom stereocenters. The molecule has 6 nitrogen and oxygen atoms in total. The number of hydrogen-bond donors (Lipinski definition) is 1. The molecule has 22 heavy (non-hydrogen) atoms. The van der Waals surface area contributed by atoms with Crippen molar-refractivity contribution in [2.24, 2.45) is 0 Å². The van der Waals surface area contributed by atoms with Crippen LogP contribution in [0.1, 0.15) is 30.5 Å². The molecular formula is C16H20N4O2. The van der Waals surface area contributed by atoms with Gasteiger partial charge in [-0.1, -0.05) is 0 Å². The maximum atomic E-state index is 12.6. The number of likely N-dealkylation sites (tertiary alicyclic amines) is 1. The van der Waals surface area contributed by atoms with Gasteiger partial charge in [0.15, 0.2) is 0 Å². The standard InChI is InChI=1S/C16H20N4O2/c1-11-8-12(10-17)9-15(18-11)19-14-2-5-20(16(14)21)13-3-6-22-7-4-13/h8-9,13-14H,2-7H2,1H3,(H,18,19). The molecule has 1 aromatic heterocycles. The van der Waals surface area contributed by atoms with Gasteiger partial charge in [-0.3, -0.25) is 4.79 Å². The van der Waals surface area contributed by atoms with Crippen molar-refractivity contribution in [3.8, 4) is 6.07 Å². The summed E-state index contributed by atoms with van der Waals surface area (Å²) in [7, 11) is 0. The van der Waals surface area contributed by atoms with Crippen LogP contribution < -0.4 is 5.32 Å². The van der Waals surface area contributed by atoms with Crippen LogP contribution >= 0.6 is 0 Å². The number of hydrogen-bond acceptors (Lipinski definition) is 5. The van der Waals surface area contributed by atoms with Crippen LogP contribution in [0.2, 0.25) is 0 Å². The Hall–Kier alpha value is -2.13. The molecule has 0 spiro atoms. The fourth-order valence-corrected chi connectivity index (χ4v) is 3.18. The summed E-state index contributed by atoms with van der Waals surface area (Å²) in [6.07, 6.45) is 2.60. The molecule has 3 heterocycles. The van der Waals surface area contributed by atoms with E-state index in [1.54, 1.807) is 12.1 Å². The molecular weight excluding hydrogens is 280 g/mol. The second kappa shape index (κ2) is 6.32. The van der Waals surface area contributed by atoms with Gasteiger partial charge in [-0.15, -0.1) is 0 Å². The molecule has 1 aromatic rings. The third kappa shape index (κ3) is 3.04. The molecule has 0 bridgehead atoms. The van der Waals surface area contributed by atoms with E-state index in [9.17, 15) is 4.79 Å². The molecule has 0 aliphatic carbocycles. The number of aryl methyl sites for hydroxylation is 1. The lowest BCUT2D eigenvalue weighted by Gasteiger charge is -2.31. The Bertz CT molecular complexity index is 605. The summed E-state index contributed by atoms with van der Waals surface area (Å²) in [4.78, 5) is 18.9. The molecule has 0 radical (unpaired) electrons. The summed E-state index contributed by atoms with van der Waals surface area (Å²) in [6.45, 7) is 4.09. The van der Waals surface area contributed by atoms with E-state index in [0.717, 1.165) is 44.7 Å². The van der Waals surface area contributed by atoms with Crippen molar-refractivity contribution >= 4 is 11.7 Å². The predicted octanol–water partition coefficient (Wildman–Crippen LogP) is 1.45. The fourth-order valence-electron chi connectivity index (χ4n) is 3.18. The van der Waals surface area contributed by atoms with Gasteiger partial charge in [0.25, 0.3) is 0 Å². The average Bonchev–Trinajstić information content (AvgIpc) is 2.88. The third-order valence-electron chi connectivity index (χ3n) is 4.28. The number of aromatic nitrogens is 1. The number of ether oxygens (including phenoxy) is 1. The van der Waals surface area contributed by atoms with Crippen LogP contribution in [0.4, 0.5) is 5.82 Å². The van der Waals surface area contributed by atoms with E-state index in [0.29, 0.717) is 17.4 Å². The van der Waals surface area contributed by atoms with Gasteiger partial charge in [-0.05, 0) is 38.3 Å². The van der Waals surface area contributed by atoms with Gasteiger partial charge >= 0.3 is 0 Å². The largest absolute Gasteiger partial charge is 0.381 e. The van der Waals surface area contributed by atoms with Gasteiger partial charge < -0.3 is 15.0 Å². The normalized spacial score (nSPS) is 22.6. The Labute approximate surface area is 130 Å². The fraction of sp³-hybridized carbons (Fsp3) is 0.562. The van der Waals surface area contributed by atoms with Gasteiger partial charge in [0.2, 0.25) is 5.91 Å². The summed E-state index contributed by atoms with van der Waals surface area (Å²) in [5, 5.41) is 12.2. The monoisotopic (exact) mass is 300 g/mol. The number of anilines is 1. The third-order valence-corrected chi connectivity index (χ3v) is 4.28. The van der Waals surface area contributed by atoms with Crippen molar-refractivity contribution in [3.63, 3.8) is 0 Å². The molecule has 2 saturated heterocycles. The van der Waals surface area contributed by atoms with Gasteiger partial charge in [0.1, 0.15) is 11.9 Å². The van der Waals surface area contributed by atoms with Crippen LogP contribution in [0, 0.1) is 18.3 Å². The molecule has 1 atom stereocenters. The topological polar surface area (TPSA) is 78.3 Å². The first kappa shape index (κ1) is 14.8. The predicted molar refractivity (Wildman–Crippen MR) is 81.3 cm³/mol. The Balaban J connectivity index is 1.68. The highest BCUT2D eigenvalue weighted by Gasteiger charge is 2.36. The quantitative estimate of drug-likeness (QED) is 0.914. The summed E-state index contributed by atoms with van der Waals surface area (Å²) in [5.74, 6) is 0.734. The van der Waals surface area contributed by atoms with Crippen LogP contribution in [0.3, 0.4) is 0 Å². The van der Waals surface area contributed by atoms with Crippen molar-refractivity contribution in [1.82, 2.24) is 9.88 Å². The maximum Gasteiger partial charge on any atom is 0.245 e. The van der Waals surface area contributed by atoms with E-state index in [4.69, 9.17) is 10.00 Å². The summed E-state index contributed by atoms with van der Waals surface area (Å²) in [6, 6.07) is 5.59. The summed E-state index contributed by atoms with van der Waals surface area (Å²) < 4.78 is 5.36. The molecule has 6 heteroatoms. The zero-order valence-corrected chi connectivity index (χ0v) is 12.7. The lowest BCUT2D eigenvalue weighted by atomic mass is 10.1. The first-order valence-electron chi connectivity index (χ1n) is 7.71. The lowest BCUT2D eigenvalue weighted by molar-refractivity contribution is -0.131. The minimum Gasteiger partial charge on any atom is -0.381 e. The van der Waals surface area contributed by atoms with E-state index in [1.165, 1.54) is 0 Å². The number of nitrogens with zero attached hydrogens (tertiary/aromatic N) is 3. The Morgan fingerprint density at radius 2 is 2.14 bits per heavy atom. The van der Waals surface area contributed by atoms with Crippen LogP contribution in [0.15, 0.2) is 12.1 Å². The zero-order valence-electron chi connectivity index (χ0n) is 12.7. The molecule has 116 valence electrons. The lowest BCUT2D eigenvalue weighted by Crippen LogP contribution is -2.43. The highest BCUT2D eigenvalue weighted by atomic mass is 16.5. The van der Waals surface area contributed by atoms with Crippen LogP contribution in [-0.2, 0) is 9.53 Å². The SMILES string of the molecule is Cc1cc(C#N)cc(NC2CCN(C3CCOCC3)C2=O)n1. The minimum atomic E-state index is -0.247. The van der Waals surface area contributed by atoms with Crippen molar-refractivity contribution in [3.05, 3.63) is 23.4 Å². The highest BCUT2D eigenvalue weighted by molar-refractivity contribution is 5.86. The van der Waals surface area contributed by atoms with Crippen LogP contribution in [0.25, 0.3) is 0 Å². The Morgan fingerprint density at radius 1 is 1.36 bits per heavy atom. The molecule has 3 rings (SSSR count). The molecule has 1 amide bonds. The molecule has 2 aliphatic heterocycles. The number of nitrogens with one attached hydrogen (secondary N) is 1. The highest BCUT2D eigenvalue weighted by Crippen LogP contribution is 2.23. The van der Waals surface area contributed by atoms with Gasteiger partial charge in [-0.2, -0.15) is 5.26 Å². The van der Waals surface area contributed by atoms with E-state index in [1.807, 2.05) is 11.8 Å². The molecule has 1 N–H and O–H groups in total. The number of amides is 1. The van der Waals surface area contributed by atoms with Crippen molar-refractivity contribution < 1.29 is 9.53 Å². The smallest absolute Gasteiger partial charge is 0.245 e. The zero-order chi connectivity index (χ0) is 15.5. The van der Waals surface area contributed by atoms with Gasteiger partial charge in [0.05, 0.1) is 11.6 Å². The number of nitriles is 1. The average molecular weight is 300 g/mol. The van der Waals surface area contributed by atoms with E-state index in [-0.39, 0.29) is 11.9 Å². The molecule has 2 aliphatic rings. The van der Waals surface area contributed by atoms with Crippen molar-refractivity contribution in [2.75, 3.05) is 25.1 Å². The number of rotatable bonds is 3. The molecule has 0 saturated carbocycles. The second-order valence-corrected chi connectivity index (χ2v) is 5.86. The van der Waals surface area contributed by atoms with Crippen LogP contribution in [0.5, 0.6) is 0 Å². The summed E-state index contributed by atoms with van der Waals surface area (Å²) in [5.41, 5.74) is 1.33. The summed E-state index contributed by atoms with van der Waals surface area (Å²) >= 11 is 0. The van der Waals surface area contributed by atoms with E-state index >= 15 is 0 Å². The number of carbonyl (C=O) groups excluding carboxylic acids is 1. The van der Waals surface area contributed by atoms with Crippen molar-refractivity contribution in [1.29, 1.82) is 5.26 Å². The Kier molecular flexibility index (Phi) is 4.25. The molecule has 0 aromatic carbocycles. The van der Waals surface area contributed by atoms with E-state index in [2.05, 4.69) is 16.4 Å². The maximum absolute atomic E-state index is 12.6. The van der Waals surface area contributed by atoms with Gasteiger partial charge in [0, 0.05) is 31.5 Å². The molecule has 2 fully saturated rings. The van der Waals surface area contributed by atoms with Crippen molar-refractivity contribution in [2.45, 2.75) is 38.3 Å². The number of pyridine rings is 1.